The second-order valence-corrected chi connectivity index (χ2v) is 5.17. The van der Waals surface area contributed by atoms with Gasteiger partial charge in [0, 0.05) is 25.0 Å². The van der Waals surface area contributed by atoms with E-state index >= 15 is 0 Å². The normalized spacial score (nSPS) is 10.6. The van der Waals surface area contributed by atoms with Crippen LogP contribution in [0.15, 0.2) is 24.4 Å². The zero-order valence-electron chi connectivity index (χ0n) is 13.4. The standard InChI is InChI=1S/C15H19N5O3/c1-5-19(8-10(2)3)12(21)9-23-14(22)13-17-15-16-7-6-11(4)20(15)18-13/h6-7H,2,5,8-9H2,1,3-4H3. The lowest BCUT2D eigenvalue weighted by atomic mass is 10.3. The fraction of sp³-hybridized carbons (Fsp3) is 0.400. The molecular weight excluding hydrogens is 298 g/mol. The van der Waals surface area contributed by atoms with Gasteiger partial charge in [0.25, 0.3) is 17.5 Å². The largest absolute Gasteiger partial charge is 0.450 e. The van der Waals surface area contributed by atoms with Crippen LogP contribution in [0.3, 0.4) is 0 Å². The monoisotopic (exact) mass is 317 g/mol. The fourth-order valence-electron chi connectivity index (χ4n) is 1.98. The summed E-state index contributed by atoms with van der Waals surface area (Å²) in [7, 11) is 0. The summed E-state index contributed by atoms with van der Waals surface area (Å²) in [5, 5.41) is 4.03. The van der Waals surface area contributed by atoms with Crippen LogP contribution in [0.25, 0.3) is 5.78 Å². The van der Waals surface area contributed by atoms with E-state index in [1.807, 2.05) is 20.8 Å². The van der Waals surface area contributed by atoms with Crippen LogP contribution in [0.5, 0.6) is 0 Å². The van der Waals surface area contributed by atoms with Crippen LogP contribution in [0, 0.1) is 6.92 Å². The van der Waals surface area contributed by atoms with E-state index in [2.05, 4.69) is 21.6 Å². The van der Waals surface area contributed by atoms with E-state index < -0.39 is 5.97 Å². The second-order valence-electron chi connectivity index (χ2n) is 5.17. The van der Waals surface area contributed by atoms with Crippen molar-refractivity contribution in [3.63, 3.8) is 0 Å². The number of hydrogen-bond donors (Lipinski definition) is 0. The summed E-state index contributed by atoms with van der Waals surface area (Å²) < 4.78 is 6.44. The molecule has 0 aromatic carbocycles. The molecular formula is C15H19N5O3. The first-order valence-corrected chi connectivity index (χ1v) is 7.20. The average molecular weight is 317 g/mol. The van der Waals surface area contributed by atoms with Gasteiger partial charge in [-0.15, -0.1) is 5.10 Å². The fourth-order valence-corrected chi connectivity index (χ4v) is 1.98. The first kappa shape index (κ1) is 16.6. The number of aryl methyl sites for hydroxylation is 1. The molecule has 8 nitrogen and oxygen atoms in total. The molecule has 2 aromatic rings. The molecule has 0 spiro atoms. The zero-order valence-corrected chi connectivity index (χ0v) is 13.4. The van der Waals surface area contributed by atoms with Crippen LogP contribution in [-0.4, -0.2) is 56.1 Å². The Labute approximate surface area is 133 Å². The third-order valence-corrected chi connectivity index (χ3v) is 3.13. The molecule has 0 saturated heterocycles. The maximum absolute atomic E-state index is 12.0. The number of hydrogen-bond acceptors (Lipinski definition) is 6. The van der Waals surface area contributed by atoms with Gasteiger partial charge < -0.3 is 9.64 Å². The van der Waals surface area contributed by atoms with Crippen molar-refractivity contribution in [2.75, 3.05) is 19.7 Å². The van der Waals surface area contributed by atoms with Crippen molar-refractivity contribution in [2.45, 2.75) is 20.8 Å². The van der Waals surface area contributed by atoms with Crippen LogP contribution >= 0.6 is 0 Å². The molecule has 0 saturated carbocycles. The molecule has 0 unspecified atom stereocenters. The van der Waals surface area contributed by atoms with Gasteiger partial charge in [-0.25, -0.2) is 14.3 Å². The molecule has 2 heterocycles. The van der Waals surface area contributed by atoms with Crippen molar-refractivity contribution in [3.05, 3.63) is 35.9 Å². The molecule has 8 heteroatoms. The molecule has 1 amide bonds. The Bertz CT molecular complexity index is 753. The van der Waals surface area contributed by atoms with Gasteiger partial charge in [-0.2, -0.15) is 4.98 Å². The first-order chi connectivity index (χ1) is 10.9. The second kappa shape index (κ2) is 6.99. The van der Waals surface area contributed by atoms with E-state index in [4.69, 9.17) is 4.74 Å². The van der Waals surface area contributed by atoms with Crippen molar-refractivity contribution >= 4 is 17.7 Å². The number of ether oxygens (including phenoxy) is 1. The number of nitrogens with zero attached hydrogens (tertiary/aromatic N) is 5. The van der Waals surface area contributed by atoms with Gasteiger partial charge in [0.15, 0.2) is 6.61 Å². The van der Waals surface area contributed by atoms with E-state index in [9.17, 15) is 9.59 Å². The van der Waals surface area contributed by atoms with Gasteiger partial charge in [-0.05, 0) is 26.8 Å². The minimum Gasteiger partial charge on any atom is -0.450 e. The van der Waals surface area contributed by atoms with Crippen LogP contribution in [-0.2, 0) is 9.53 Å². The summed E-state index contributed by atoms with van der Waals surface area (Å²) in [5.74, 6) is -0.861. The van der Waals surface area contributed by atoms with Gasteiger partial charge in [-0.3, -0.25) is 4.79 Å². The molecule has 23 heavy (non-hydrogen) atoms. The molecule has 0 bridgehead atoms. The smallest absolute Gasteiger partial charge is 0.378 e. The summed E-state index contributed by atoms with van der Waals surface area (Å²) in [6.07, 6.45) is 1.58. The van der Waals surface area contributed by atoms with E-state index in [0.29, 0.717) is 18.9 Å². The van der Waals surface area contributed by atoms with Crippen molar-refractivity contribution in [1.82, 2.24) is 24.5 Å². The Morgan fingerprint density at radius 1 is 1.43 bits per heavy atom. The topological polar surface area (TPSA) is 89.7 Å². The molecule has 2 aromatic heterocycles. The predicted molar refractivity (Wildman–Crippen MR) is 82.9 cm³/mol. The van der Waals surface area contributed by atoms with Crippen molar-refractivity contribution in [1.29, 1.82) is 0 Å². The highest BCUT2D eigenvalue weighted by Gasteiger charge is 2.19. The summed E-state index contributed by atoms with van der Waals surface area (Å²) in [6, 6.07) is 1.75. The van der Waals surface area contributed by atoms with E-state index in [1.165, 1.54) is 4.52 Å². The average Bonchev–Trinajstić information content (AvgIpc) is 2.95. The van der Waals surface area contributed by atoms with Crippen LogP contribution in [0.2, 0.25) is 0 Å². The van der Waals surface area contributed by atoms with Gasteiger partial charge in [-0.1, -0.05) is 12.2 Å². The number of rotatable bonds is 6. The summed E-state index contributed by atoms with van der Waals surface area (Å²) in [5.41, 5.74) is 1.64. The van der Waals surface area contributed by atoms with Crippen LogP contribution in [0.1, 0.15) is 30.2 Å². The highest BCUT2D eigenvalue weighted by molar-refractivity contribution is 5.88. The Hall–Kier alpha value is -2.77. The molecule has 0 radical (unpaired) electrons. The van der Waals surface area contributed by atoms with Gasteiger partial charge in [0.2, 0.25) is 0 Å². The SMILES string of the molecule is C=C(C)CN(CC)C(=O)COC(=O)c1nc2nccc(C)n2n1. The van der Waals surface area contributed by atoms with Crippen LogP contribution < -0.4 is 0 Å². The first-order valence-electron chi connectivity index (χ1n) is 7.20. The number of esters is 1. The molecule has 0 aliphatic carbocycles. The minimum absolute atomic E-state index is 0.123. The lowest BCUT2D eigenvalue weighted by Crippen LogP contribution is -2.35. The highest BCUT2D eigenvalue weighted by atomic mass is 16.5. The number of likely N-dealkylation sites (N-methyl/N-ethyl adjacent to an activating group) is 1. The quantitative estimate of drug-likeness (QED) is 0.583. The Morgan fingerprint density at radius 3 is 2.78 bits per heavy atom. The number of amides is 1. The van der Waals surface area contributed by atoms with Gasteiger partial charge in [0.1, 0.15) is 0 Å². The molecule has 2 rings (SSSR count). The summed E-state index contributed by atoms with van der Waals surface area (Å²) >= 11 is 0. The van der Waals surface area contributed by atoms with E-state index in [0.717, 1.165) is 11.3 Å². The molecule has 0 N–H and O–H groups in total. The Morgan fingerprint density at radius 2 is 2.17 bits per heavy atom. The lowest BCUT2D eigenvalue weighted by molar-refractivity contribution is -0.133. The number of carbonyl (C=O) groups excluding carboxylic acids is 2. The molecule has 0 aliphatic heterocycles. The summed E-state index contributed by atoms with van der Waals surface area (Å²) in [6.45, 7) is 9.85. The number of fused-ring (bicyclic) bond motifs is 1. The zero-order chi connectivity index (χ0) is 17.0. The molecule has 0 fully saturated rings. The van der Waals surface area contributed by atoms with E-state index in [-0.39, 0.29) is 18.3 Å². The van der Waals surface area contributed by atoms with Gasteiger partial charge >= 0.3 is 5.97 Å². The van der Waals surface area contributed by atoms with Gasteiger partial charge in [0.05, 0.1) is 0 Å². The molecule has 122 valence electrons. The third-order valence-electron chi connectivity index (χ3n) is 3.13. The lowest BCUT2D eigenvalue weighted by Gasteiger charge is -2.20. The Balaban J connectivity index is 2.02. The van der Waals surface area contributed by atoms with Crippen LogP contribution in [0.4, 0.5) is 0 Å². The number of aromatic nitrogens is 4. The predicted octanol–water partition coefficient (Wildman–Crippen LogP) is 1.01. The summed E-state index contributed by atoms with van der Waals surface area (Å²) in [4.78, 5) is 33.6. The van der Waals surface area contributed by atoms with Crippen molar-refractivity contribution in [3.8, 4) is 0 Å². The third kappa shape index (κ3) is 3.91. The number of carbonyl (C=O) groups is 2. The Kier molecular flexibility index (Phi) is 5.05. The minimum atomic E-state index is -0.755. The van der Waals surface area contributed by atoms with E-state index in [1.54, 1.807) is 17.2 Å². The van der Waals surface area contributed by atoms with Crippen molar-refractivity contribution < 1.29 is 14.3 Å². The van der Waals surface area contributed by atoms with Crippen molar-refractivity contribution in [2.24, 2.45) is 0 Å². The molecule has 0 aliphatic rings. The maximum Gasteiger partial charge on any atom is 0.378 e. The maximum atomic E-state index is 12.0. The highest BCUT2D eigenvalue weighted by Crippen LogP contribution is 2.04. The molecule has 0 atom stereocenters.